The Morgan fingerprint density at radius 3 is 2.63 bits per heavy atom. The van der Waals surface area contributed by atoms with Crippen LogP contribution >= 0.6 is 0 Å². The highest BCUT2D eigenvalue weighted by Crippen LogP contribution is 2.29. The van der Waals surface area contributed by atoms with E-state index in [0.717, 1.165) is 73.1 Å². The van der Waals surface area contributed by atoms with Crippen molar-refractivity contribution >= 4 is 28.6 Å². The number of amides is 1. The number of hydrogen-bond acceptors (Lipinski definition) is 8. The summed E-state index contributed by atoms with van der Waals surface area (Å²) in [5.74, 6) is 2.33. The second kappa shape index (κ2) is 10.3. The number of rotatable bonds is 7. The van der Waals surface area contributed by atoms with Crippen molar-refractivity contribution in [2.24, 2.45) is 14.1 Å². The standard InChI is InChI=1S/C27H33N9O2/c1-33-16-19(15-30-33)25-32-24-26(34(25)2)28-18-29-27(24)36-12-10-35(11-13-36)21-8-5-9-22(14-21)38-17-23(37)31-20-6-3-4-7-20/h5,8-9,14-16,18,20H,3-4,6-7,10-13,17H2,1-2H3,(H,31,37). The summed E-state index contributed by atoms with van der Waals surface area (Å²) in [5.41, 5.74) is 3.64. The van der Waals surface area contributed by atoms with E-state index in [0.29, 0.717) is 11.8 Å². The van der Waals surface area contributed by atoms with Gasteiger partial charge < -0.3 is 24.4 Å². The largest absolute Gasteiger partial charge is 0.484 e. The second-order valence-electron chi connectivity index (χ2n) is 10.1. The molecule has 1 aliphatic heterocycles. The maximum absolute atomic E-state index is 12.3. The predicted molar refractivity (Wildman–Crippen MR) is 145 cm³/mol. The van der Waals surface area contributed by atoms with E-state index in [1.807, 2.05) is 49.3 Å². The van der Waals surface area contributed by atoms with Crippen LogP contribution in [0.4, 0.5) is 11.5 Å². The normalized spacial score (nSPS) is 16.4. The van der Waals surface area contributed by atoms with Crippen molar-refractivity contribution in [2.75, 3.05) is 42.6 Å². The molecule has 0 unspecified atom stereocenters. The molecule has 1 aliphatic carbocycles. The smallest absolute Gasteiger partial charge is 0.258 e. The van der Waals surface area contributed by atoms with E-state index in [9.17, 15) is 4.79 Å². The van der Waals surface area contributed by atoms with Gasteiger partial charge in [-0.1, -0.05) is 18.9 Å². The van der Waals surface area contributed by atoms with E-state index in [4.69, 9.17) is 9.72 Å². The molecule has 198 valence electrons. The van der Waals surface area contributed by atoms with Gasteiger partial charge in [0.2, 0.25) is 0 Å². The van der Waals surface area contributed by atoms with Crippen molar-refractivity contribution < 1.29 is 9.53 Å². The van der Waals surface area contributed by atoms with Gasteiger partial charge in [0, 0.05) is 64.3 Å². The van der Waals surface area contributed by atoms with E-state index in [1.165, 1.54) is 12.8 Å². The van der Waals surface area contributed by atoms with E-state index >= 15 is 0 Å². The number of piperazine rings is 1. The number of aryl methyl sites for hydroxylation is 2. The fraction of sp³-hybridized carbons (Fsp3) is 0.444. The SMILES string of the molecule is Cn1cc(-c2nc3c(N4CCN(c5cccc(OCC(=O)NC6CCCC6)c5)CC4)ncnc3n2C)cn1. The molecule has 0 bridgehead atoms. The average molecular weight is 516 g/mol. The zero-order valence-electron chi connectivity index (χ0n) is 21.9. The number of imidazole rings is 1. The van der Waals surface area contributed by atoms with Gasteiger partial charge in [0.25, 0.3) is 5.91 Å². The summed E-state index contributed by atoms with van der Waals surface area (Å²) in [5, 5.41) is 7.36. The van der Waals surface area contributed by atoms with Gasteiger partial charge in [0.05, 0.1) is 11.8 Å². The molecule has 0 radical (unpaired) electrons. The van der Waals surface area contributed by atoms with Crippen LogP contribution in [0.2, 0.25) is 0 Å². The summed E-state index contributed by atoms with van der Waals surface area (Å²) in [6, 6.07) is 8.29. The van der Waals surface area contributed by atoms with Crippen LogP contribution in [0.15, 0.2) is 43.0 Å². The quantitative estimate of drug-likeness (QED) is 0.400. The molecule has 1 saturated carbocycles. The first kappa shape index (κ1) is 24.2. The van der Waals surface area contributed by atoms with Gasteiger partial charge in [-0.25, -0.2) is 15.0 Å². The third-order valence-electron chi connectivity index (χ3n) is 7.45. The summed E-state index contributed by atoms with van der Waals surface area (Å²) in [6.07, 6.45) is 9.90. The second-order valence-corrected chi connectivity index (χ2v) is 10.1. The van der Waals surface area contributed by atoms with Crippen LogP contribution in [-0.4, -0.2) is 74.0 Å². The Labute approximate surface area is 221 Å². The molecule has 0 spiro atoms. The Morgan fingerprint density at radius 1 is 1.08 bits per heavy atom. The molecule has 1 amide bonds. The first-order valence-electron chi connectivity index (χ1n) is 13.2. The Kier molecular flexibility index (Phi) is 6.57. The number of hydrogen-bond donors (Lipinski definition) is 1. The van der Waals surface area contributed by atoms with Crippen LogP contribution in [0.3, 0.4) is 0 Å². The number of carbonyl (C=O) groups excluding carboxylic acids is 1. The minimum Gasteiger partial charge on any atom is -0.484 e. The number of carbonyl (C=O) groups is 1. The Hall–Kier alpha value is -4.15. The Bertz CT molecular complexity index is 1430. The van der Waals surface area contributed by atoms with Crippen LogP contribution in [-0.2, 0) is 18.9 Å². The van der Waals surface area contributed by atoms with E-state index < -0.39 is 0 Å². The zero-order valence-corrected chi connectivity index (χ0v) is 21.9. The highest BCUT2D eigenvalue weighted by molar-refractivity contribution is 5.87. The first-order chi connectivity index (χ1) is 18.5. The minimum absolute atomic E-state index is 0.0442. The Morgan fingerprint density at radius 2 is 1.87 bits per heavy atom. The molecule has 3 aromatic heterocycles. The van der Waals surface area contributed by atoms with E-state index in [2.05, 4.69) is 36.2 Å². The fourth-order valence-corrected chi connectivity index (χ4v) is 5.45. The maximum atomic E-state index is 12.3. The molecule has 1 saturated heterocycles. The third-order valence-corrected chi connectivity index (χ3v) is 7.45. The van der Waals surface area contributed by atoms with Crippen LogP contribution in [0, 0.1) is 0 Å². The van der Waals surface area contributed by atoms with Crippen molar-refractivity contribution in [3.63, 3.8) is 0 Å². The van der Waals surface area contributed by atoms with Crippen molar-refractivity contribution in [3.8, 4) is 17.1 Å². The van der Waals surface area contributed by atoms with Gasteiger partial charge in [-0.05, 0) is 25.0 Å². The van der Waals surface area contributed by atoms with Gasteiger partial charge in [-0.2, -0.15) is 5.10 Å². The minimum atomic E-state index is -0.0479. The number of ether oxygens (including phenoxy) is 1. The Balaban J connectivity index is 1.11. The molecule has 4 aromatic rings. The lowest BCUT2D eigenvalue weighted by Gasteiger charge is -2.36. The highest BCUT2D eigenvalue weighted by atomic mass is 16.5. The average Bonchev–Trinajstić information content (AvgIpc) is 3.69. The topological polar surface area (TPSA) is 106 Å². The van der Waals surface area contributed by atoms with Crippen LogP contribution < -0.4 is 19.9 Å². The lowest BCUT2D eigenvalue weighted by molar-refractivity contribution is -0.123. The zero-order chi connectivity index (χ0) is 26.1. The summed E-state index contributed by atoms with van der Waals surface area (Å²) >= 11 is 0. The van der Waals surface area contributed by atoms with Crippen LogP contribution in [0.5, 0.6) is 5.75 Å². The molecule has 2 aliphatic rings. The van der Waals surface area contributed by atoms with Gasteiger partial charge in [0.1, 0.15) is 17.9 Å². The van der Waals surface area contributed by atoms with Crippen molar-refractivity contribution in [1.82, 2.24) is 34.6 Å². The lowest BCUT2D eigenvalue weighted by atomic mass is 10.2. The number of fused-ring (bicyclic) bond motifs is 1. The first-order valence-corrected chi connectivity index (χ1v) is 13.2. The number of benzene rings is 1. The number of nitrogens with zero attached hydrogens (tertiary/aromatic N) is 8. The summed E-state index contributed by atoms with van der Waals surface area (Å²) < 4.78 is 9.58. The molecule has 11 heteroatoms. The number of anilines is 2. The monoisotopic (exact) mass is 515 g/mol. The summed E-state index contributed by atoms with van der Waals surface area (Å²) in [6.45, 7) is 3.32. The molecule has 38 heavy (non-hydrogen) atoms. The molecule has 4 heterocycles. The maximum Gasteiger partial charge on any atom is 0.258 e. The predicted octanol–water partition coefficient (Wildman–Crippen LogP) is 2.53. The number of nitrogens with one attached hydrogen (secondary N) is 1. The van der Waals surface area contributed by atoms with Crippen molar-refractivity contribution in [3.05, 3.63) is 43.0 Å². The molecular formula is C27H33N9O2. The molecule has 1 N–H and O–H groups in total. The molecule has 6 rings (SSSR count). The lowest BCUT2D eigenvalue weighted by Crippen LogP contribution is -2.47. The van der Waals surface area contributed by atoms with Gasteiger partial charge in [-0.15, -0.1) is 0 Å². The van der Waals surface area contributed by atoms with Crippen LogP contribution in [0.1, 0.15) is 25.7 Å². The third kappa shape index (κ3) is 4.88. The van der Waals surface area contributed by atoms with E-state index in [1.54, 1.807) is 11.0 Å². The molecular weight excluding hydrogens is 482 g/mol. The van der Waals surface area contributed by atoms with Gasteiger partial charge in [0.15, 0.2) is 23.6 Å². The van der Waals surface area contributed by atoms with Crippen LogP contribution in [0.25, 0.3) is 22.6 Å². The van der Waals surface area contributed by atoms with Gasteiger partial charge in [-0.3, -0.25) is 9.48 Å². The number of aromatic nitrogens is 6. The molecule has 0 atom stereocenters. The van der Waals surface area contributed by atoms with E-state index in [-0.39, 0.29) is 12.5 Å². The summed E-state index contributed by atoms with van der Waals surface area (Å²) in [7, 11) is 3.87. The summed E-state index contributed by atoms with van der Waals surface area (Å²) in [4.78, 5) is 30.9. The fourth-order valence-electron chi connectivity index (χ4n) is 5.45. The van der Waals surface area contributed by atoms with Crippen molar-refractivity contribution in [2.45, 2.75) is 31.7 Å². The molecule has 1 aromatic carbocycles. The molecule has 11 nitrogen and oxygen atoms in total. The molecule has 2 fully saturated rings. The highest BCUT2D eigenvalue weighted by Gasteiger charge is 2.24. The van der Waals surface area contributed by atoms with Gasteiger partial charge >= 0.3 is 0 Å². The van der Waals surface area contributed by atoms with Crippen molar-refractivity contribution in [1.29, 1.82) is 0 Å².